The Morgan fingerprint density at radius 1 is 1.20 bits per heavy atom. The van der Waals surface area contributed by atoms with E-state index in [1.54, 1.807) is 12.1 Å². The Morgan fingerprint density at radius 3 is 2.36 bits per heavy atom. The molecule has 0 aromatic heterocycles. The number of rotatable bonds is 5. The lowest BCUT2D eigenvalue weighted by atomic mass is 10.1. The number of nitrogens with zero attached hydrogens (tertiary/aromatic N) is 2. The van der Waals surface area contributed by atoms with E-state index in [2.05, 4.69) is 10.4 Å². The Kier molecular flexibility index (Phi) is 5.28. The average Bonchev–Trinajstić information content (AvgIpc) is 2.54. The molecular weight excluding hydrogens is 335 g/mol. The van der Waals surface area contributed by atoms with Crippen molar-refractivity contribution in [3.8, 4) is 0 Å². The molecule has 0 unspecified atom stereocenters. The normalized spacial score (nSPS) is 12.0. The van der Waals surface area contributed by atoms with Gasteiger partial charge < -0.3 is 11.1 Å². The summed E-state index contributed by atoms with van der Waals surface area (Å²) in [6.07, 6.45) is -3.76. The van der Waals surface area contributed by atoms with Crippen molar-refractivity contribution < 1.29 is 18.0 Å². The van der Waals surface area contributed by atoms with E-state index in [1.165, 1.54) is 25.2 Å². The molecule has 0 heterocycles. The summed E-state index contributed by atoms with van der Waals surface area (Å²) in [6, 6.07) is 9.14. The predicted molar refractivity (Wildman–Crippen MR) is 89.2 cm³/mol. The molecule has 2 aromatic rings. The largest absolute Gasteiger partial charge is 0.416 e. The lowest BCUT2D eigenvalue weighted by Crippen LogP contribution is -2.26. The number of hydrogen-bond acceptors (Lipinski definition) is 5. The summed E-state index contributed by atoms with van der Waals surface area (Å²) >= 11 is 0. The quantitative estimate of drug-likeness (QED) is 0.253. The van der Waals surface area contributed by atoms with Gasteiger partial charge in [-0.25, -0.2) is 11.0 Å². The molecule has 132 valence electrons. The maximum Gasteiger partial charge on any atom is 0.416 e. The molecule has 2 aromatic carbocycles. The number of nitrogens with two attached hydrogens (primary N) is 2. The van der Waals surface area contributed by atoms with Gasteiger partial charge in [-0.15, -0.1) is 5.10 Å². The fourth-order valence-corrected chi connectivity index (χ4v) is 2.08. The van der Waals surface area contributed by atoms with Crippen molar-refractivity contribution >= 4 is 23.5 Å². The van der Waals surface area contributed by atoms with Crippen molar-refractivity contribution in [2.45, 2.75) is 6.18 Å². The van der Waals surface area contributed by atoms with E-state index in [9.17, 15) is 18.0 Å². The number of aldehydes is 1. The number of carbonyl (C=O) groups is 1. The summed E-state index contributed by atoms with van der Waals surface area (Å²) in [6.45, 7) is 0. The van der Waals surface area contributed by atoms with Gasteiger partial charge in [0.25, 0.3) is 0 Å². The Labute approximate surface area is 141 Å². The SMILES string of the molecule is CN(N)/N=C(\N)c1cc(C=O)ccc1Nc1ccc(C(F)(F)F)cc1. The lowest BCUT2D eigenvalue weighted by molar-refractivity contribution is -0.137. The molecule has 0 spiro atoms. The molecule has 5 N–H and O–H groups in total. The van der Waals surface area contributed by atoms with Gasteiger partial charge >= 0.3 is 6.18 Å². The Balaban J connectivity index is 2.37. The van der Waals surface area contributed by atoms with E-state index < -0.39 is 11.7 Å². The summed E-state index contributed by atoms with van der Waals surface area (Å²) < 4.78 is 37.9. The standard InChI is InChI=1S/C16H16F3N5O/c1-24(21)23-15(20)13-8-10(9-25)2-7-14(13)22-12-5-3-11(4-6-12)16(17,18)19/h2-9,22H,21H2,1H3,(H2,20,23). The van der Waals surface area contributed by atoms with Crippen molar-refractivity contribution in [3.05, 3.63) is 59.2 Å². The summed E-state index contributed by atoms with van der Waals surface area (Å²) in [5.74, 6) is 5.48. The third-order valence-electron chi connectivity index (χ3n) is 3.21. The number of hydrogen-bond donors (Lipinski definition) is 3. The van der Waals surface area contributed by atoms with Crippen LogP contribution in [0.3, 0.4) is 0 Å². The Hall–Kier alpha value is -3.07. The molecule has 9 heteroatoms. The second-order valence-electron chi connectivity index (χ2n) is 5.18. The number of hydrazine groups is 1. The Bertz CT molecular complexity index is 785. The first-order valence-corrected chi connectivity index (χ1v) is 7.07. The molecule has 2 rings (SSSR count). The molecule has 0 radical (unpaired) electrons. The molecule has 0 saturated carbocycles. The van der Waals surface area contributed by atoms with Crippen LogP contribution in [0.4, 0.5) is 24.5 Å². The van der Waals surface area contributed by atoms with Gasteiger partial charge in [0, 0.05) is 29.5 Å². The number of carbonyl (C=O) groups excluding carboxylic acids is 1. The van der Waals surface area contributed by atoms with Gasteiger partial charge in [-0.1, -0.05) is 0 Å². The second-order valence-corrected chi connectivity index (χ2v) is 5.18. The molecular formula is C16H16F3N5O. The fourth-order valence-electron chi connectivity index (χ4n) is 2.08. The minimum Gasteiger partial charge on any atom is -0.382 e. The van der Waals surface area contributed by atoms with Crippen LogP contribution in [0.1, 0.15) is 21.5 Å². The third kappa shape index (κ3) is 4.70. The molecule has 0 amide bonds. The molecule has 0 aliphatic heterocycles. The smallest absolute Gasteiger partial charge is 0.382 e. The number of benzene rings is 2. The van der Waals surface area contributed by atoms with E-state index >= 15 is 0 Å². The number of anilines is 2. The van der Waals surface area contributed by atoms with E-state index in [0.29, 0.717) is 28.8 Å². The molecule has 0 aliphatic carbocycles. The fraction of sp³-hybridized carbons (Fsp3) is 0.125. The lowest BCUT2D eigenvalue weighted by Gasteiger charge is -2.14. The minimum absolute atomic E-state index is 0.0445. The van der Waals surface area contributed by atoms with E-state index in [4.69, 9.17) is 11.6 Å². The van der Waals surface area contributed by atoms with Crippen molar-refractivity contribution in [1.82, 2.24) is 5.12 Å². The molecule has 0 bridgehead atoms. The molecule has 6 nitrogen and oxygen atoms in total. The summed E-state index contributed by atoms with van der Waals surface area (Å²) in [7, 11) is 1.47. The molecule has 25 heavy (non-hydrogen) atoms. The maximum atomic E-state index is 12.6. The highest BCUT2D eigenvalue weighted by molar-refractivity contribution is 6.04. The van der Waals surface area contributed by atoms with E-state index in [1.807, 2.05) is 0 Å². The summed E-state index contributed by atoms with van der Waals surface area (Å²) in [4.78, 5) is 11.0. The highest BCUT2D eigenvalue weighted by Gasteiger charge is 2.29. The Morgan fingerprint density at radius 2 is 1.84 bits per heavy atom. The van der Waals surface area contributed by atoms with Gasteiger partial charge in [0.15, 0.2) is 5.84 Å². The molecule has 0 saturated heterocycles. The first-order valence-electron chi connectivity index (χ1n) is 7.07. The van der Waals surface area contributed by atoms with Crippen LogP contribution >= 0.6 is 0 Å². The van der Waals surface area contributed by atoms with E-state index in [-0.39, 0.29) is 5.84 Å². The highest BCUT2D eigenvalue weighted by atomic mass is 19.4. The van der Waals surface area contributed by atoms with Crippen LogP contribution in [0.5, 0.6) is 0 Å². The number of halogens is 3. The van der Waals surface area contributed by atoms with Gasteiger partial charge in [0.1, 0.15) is 6.29 Å². The van der Waals surface area contributed by atoms with Gasteiger partial charge in [0.2, 0.25) is 0 Å². The van der Waals surface area contributed by atoms with E-state index in [0.717, 1.165) is 17.3 Å². The number of nitrogens with one attached hydrogen (secondary N) is 1. The van der Waals surface area contributed by atoms with Gasteiger partial charge in [0.05, 0.1) is 5.56 Å². The zero-order valence-corrected chi connectivity index (χ0v) is 13.2. The van der Waals surface area contributed by atoms with Crippen molar-refractivity contribution in [1.29, 1.82) is 0 Å². The average molecular weight is 351 g/mol. The minimum atomic E-state index is -4.40. The highest BCUT2D eigenvalue weighted by Crippen LogP contribution is 2.30. The molecule has 0 fully saturated rings. The third-order valence-corrected chi connectivity index (χ3v) is 3.21. The first kappa shape index (κ1) is 18.3. The molecule has 0 aliphatic rings. The first-order chi connectivity index (χ1) is 11.7. The van der Waals surface area contributed by atoms with Crippen LogP contribution in [0.25, 0.3) is 0 Å². The van der Waals surface area contributed by atoms with Crippen LogP contribution in [-0.2, 0) is 6.18 Å². The van der Waals surface area contributed by atoms with Crippen molar-refractivity contribution in [2.24, 2.45) is 16.7 Å². The van der Waals surface area contributed by atoms with Gasteiger partial charge in [-0.05, 0) is 42.5 Å². The second kappa shape index (κ2) is 7.22. The predicted octanol–water partition coefficient (Wildman–Crippen LogP) is 2.69. The topological polar surface area (TPSA) is 96.7 Å². The zero-order chi connectivity index (χ0) is 18.6. The van der Waals surface area contributed by atoms with Crippen LogP contribution in [0, 0.1) is 0 Å². The molecule has 0 atom stereocenters. The van der Waals surface area contributed by atoms with Crippen LogP contribution < -0.4 is 16.9 Å². The van der Waals surface area contributed by atoms with Crippen LogP contribution in [-0.4, -0.2) is 24.3 Å². The van der Waals surface area contributed by atoms with Gasteiger partial charge in [-0.3, -0.25) is 4.79 Å². The van der Waals surface area contributed by atoms with Crippen LogP contribution in [0.2, 0.25) is 0 Å². The zero-order valence-electron chi connectivity index (χ0n) is 13.2. The number of alkyl halides is 3. The summed E-state index contributed by atoms with van der Waals surface area (Å²) in [5, 5.41) is 7.83. The summed E-state index contributed by atoms with van der Waals surface area (Å²) in [5.41, 5.74) is 6.77. The number of amidine groups is 1. The van der Waals surface area contributed by atoms with Crippen molar-refractivity contribution in [3.63, 3.8) is 0 Å². The van der Waals surface area contributed by atoms with Crippen molar-refractivity contribution in [2.75, 3.05) is 12.4 Å². The van der Waals surface area contributed by atoms with Gasteiger partial charge in [-0.2, -0.15) is 13.2 Å². The monoisotopic (exact) mass is 351 g/mol. The number of hydrazone groups is 1. The maximum absolute atomic E-state index is 12.6. The van der Waals surface area contributed by atoms with Crippen LogP contribution in [0.15, 0.2) is 47.6 Å².